The van der Waals surface area contributed by atoms with E-state index >= 15 is 0 Å². The van der Waals surface area contributed by atoms with Gasteiger partial charge < -0.3 is 24.2 Å². The van der Waals surface area contributed by atoms with E-state index in [2.05, 4.69) is 17.0 Å². The molecule has 0 saturated carbocycles. The Labute approximate surface area is 212 Å². The van der Waals surface area contributed by atoms with Crippen LogP contribution >= 0.6 is 11.6 Å². The lowest BCUT2D eigenvalue weighted by atomic mass is 10.1. The van der Waals surface area contributed by atoms with E-state index in [9.17, 15) is 9.90 Å². The average molecular weight is 503 g/mol. The summed E-state index contributed by atoms with van der Waals surface area (Å²) < 4.78 is 17.4. The van der Waals surface area contributed by atoms with Gasteiger partial charge in [0, 0.05) is 44.2 Å². The minimum Gasteiger partial charge on any atom is -0.494 e. The van der Waals surface area contributed by atoms with Crippen molar-refractivity contribution in [3.8, 4) is 11.5 Å². The number of halogens is 1. The average Bonchev–Trinajstić information content (AvgIpc) is 3.05. The molecule has 7 nitrogen and oxygen atoms in total. The third kappa shape index (κ3) is 8.10. The van der Waals surface area contributed by atoms with Gasteiger partial charge in [-0.2, -0.15) is 0 Å². The molecule has 0 aliphatic carbocycles. The van der Waals surface area contributed by atoms with E-state index in [-0.39, 0.29) is 19.1 Å². The van der Waals surface area contributed by atoms with E-state index in [0.717, 1.165) is 50.2 Å². The van der Waals surface area contributed by atoms with Crippen molar-refractivity contribution in [1.82, 2.24) is 9.80 Å². The zero-order chi connectivity index (χ0) is 24.5. The van der Waals surface area contributed by atoms with Crippen molar-refractivity contribution in [2.75, 3.05) is 52.6 Å². The van der Waals surface area contributed by atoms with Crippen LogP contribution in [0.25, 0.3) is 0 Å². The maximum atomic E-state index is 11.9. The monoisotopic (exact) mass is 502 g/mol. The van der Waals surface area contributed by atoms with Gasteiger partial charge in [-0.05, 0) is 61.2 Å². The third-order valence-corrected chi connectivity index (χ3v) is 6.61. The minimum atomic E-state index is -1.10. The van der Waals surface area contributed by atoms with Gasteiger partial charge >= 0.3 is 0 Å². The zero-order valence-corrected chi connectivity index (χ0v) is 20.9. The smallest absolute Gasteiger partial charge is 0.222 e. The predicted molar refractivity (Wildman–Crippen MR) is 135 cm³/mol. The number of aliphatic hydroxyl groups is 1. The Kier molecular flexibility index (Phi) is 9.26. The number of nitrogens with zero attached hydrogens (tertiary/aromatic N) is 2. The van der Waals surface area contributed by atoms with Gasteiger partial charge in [-0.3, -0.25) is 9.69 Å². The highest BCUT2D eigenvalue weighted by Crippen LogP contribution is 2.21. The predicted octanol–water partition coefficient (Wildman–Crippen LogP) is 3.76. The number of amides is 1. The molecule has 190 valence electrons. The first kappa shape index (κ1) is 25.8. The normalized spacial score (nSPS) is 21.5. The lowest BCUT2D eigenvalue weighted by Crippen LogP contribution is -2.48. The van der Waals surface area contributed by atoms with Crippen LogP contribution < -0.4 is 9.47 Å². The van der Waals surface area contributed by atoms with Crippen molar-refractivity contribution in [2.24, 2.45) is 0 Å². The first-order chi connectivity index (χ1) is 17.0. The number of carbonyl (C=O) groups is 1. The van der Waals surface area contributed by atoms with E-state index in [1.807, 2.05) is 17.0 Å². The Balaban J connectivity index is 1.22. The molecule has 2 aromatic rings. The van der Waals surface area contributed by atoms with E-state index in [0.29, 0.717) is 43.5 Å². The van der Waals surface area contributed by atoms with Gasteiger partial charge in [0.05, 0.1) is 19.8 Å². The highest BCUT2D eigenvalue weighted by Gasteiger charge is 2.33. The molecule has 2 aromatic carbocycles. The van der Waals surface area contributed by atoms with Gasteiger partial charge in [-0.25, -0.2) is 0 Å². The van der Waals surface area contributed by atoms with Gasteiger partial charge in [0.25, 0.3) is 0 Å². The second-order valence-electron chi connectivity index (χ2n) is 9.41. The minimum absolute atomic E-state index is 0.140. The number of ether oxygens (including phenoxy) is 3. The summed E-state index contributed by atoms with van der Waals surface area (Å²) in [5.74, 6) is 1.76. The Bertz CT molecular complexity index is 940. The molecule has 4 rings (SSSR count). The Morgan fingerprint density at radius 3 is 2.51 bits per heavy atom. The second kappa shape index (κ2) is 12.6. The number of carbonyl (C=O) groups excluding carboxylic acids is 1. The molecule has 0 spiro atoms. The molecule has 0 unspecified atom stereocenters. The molecule has 2 aliphatic rings. The summed E-state index contributed by atoms with van der Waals surface area (Å²) in [5.41, 5.74) is 0.0358. The molecule has 1 N–H and O–H groups in total. The summed E-state index contributed by atoms with van der Waals surface area (Å²) in [6, 6.07) is 15.2. The van der Waals surface area contributed by atoms with Gasteiger partial charge in [-0.15, -0.1) is 0 Å². The van der Waals surface area contributed by atoms with Crippen LogP contribution in [0.4, 0.5) is 0 Å². The first-order valence-corrected chi connectivity index (χ1v) is 12.8. The molecule has 2 fully saturated rings. The lowest BCUT2D eigenvalue weighted by Gasteiger charge is -2.30. The van der Waals surface area contributed by atoms with E-state index in [1.54, 1.807) is 24.3 Å². The van der Waals surface area contributed by atoms with Crippen molar-refractivity contribution in [2.45, 2.75) is 37.8 Å². The standard InChI is InChI=1S/C27H35ClN2O5/c28-23-7-11-25(12-8-23)35-21-27(32)19-29(15-17-33-20-27)18-22-5-9-24(10-6-22)34-16-3-14-30-13-2-1-4-26(30)31/h5-12,32H,1-4,13-21H2/t27-/m1/s1. The van der Waals surface area contributed by atoms with Crippen LogP contribution in [0, 0.1) is 0 Å². The SMILES string of the molecule is O=C1CCCCN1CCCOc1ccc(CN2CCOC[C@@](O)(COc3ccc(Cl)cc3)C2)cc1. The summed E-state index contributed by atoms with van der Waals surface area (Å²) in [7, 11) is 0. The Morgan fingerprint density at radius 2 is 1.74 bits per heavy atom. The molecular weight excluding hydrogens is 468 g/mol. The van der Waals surface area contributed by atoms with E-state index in [1.165, 1.54) is 0 Å². The maximum absolute atomic E-state index is 11.9. The molecule has 2 aliphatic heterocycles. The molecule has 0 aromatic heterocycles. The topological polar surface area (TPSA) is 71.5 Å². The van der Waals surface area contributed by atoms with Crippen LogP contribution in [-0.2, 0) is 16.1 Å². The van der Waals surface area contributed by atoms with E-state index < -0.39 is 5.60 Å². The van der Waals surface area contributed by atoms with Gasteiger partial charge in [-0.1, -0.05) is 23.7 Å². The summed E-state index contributed by atoms with van der Waals surface area (Å²) in [5, 5.41) is 11.8. The fraction of sp³-hybridized carbons (Fsp3) is 0.519. The highest BCUT2D eigenvalue weighted by molar-refractivity contribution is 6.30. The third-order valence-electron chi connectivity index (χ3n) is 6.35. The number of likely N-dealkylation sites (tertiary alicyclic amines) is 1. The molecule has 0 bridgehead atoms. The van der Waals surface area contributed by atoms with Crippen molar-refractivity contribution in [3.05, 3.63) is 59.1 Å². The lowest BCUT2D eigenvalue weighted by molar-refractivity contribution is -0.133. The van der Waals surface area contributed by atoms with Gasteiger partial charge in [0.1, 0.15) is 23.7 Å². The molecule has 2 heterocycles. The largest absolute Gasteiger partial charge is 0.494 e. The Hall–Kier alpha value is -2.32. The van der Waals surface area contributed by atoms with Crippen molar-refractivity contribution < 1.29 is 24.1 Å². The van der Waals surface area contributed by atoms with Crippen LogP contribution in [0.3, 0.4) is 0 Å². The van der Waals surface area contributed by atoms with Gasteiger partial charge in [0.2, 0.25) is 5.91 Å². The summed E-state index contributed by atoms with van der Waals surface area (Å²) >= 11 is 5.93. The molecule has 1 amide bonds. The van der Waals surface area contributed by atoms with Crippen LogP contribution in [-0.4, -0.2) is 79.0 Å². The van der Waals surface area contributed by atoms with Crippen LogP contribution in [0.5, 0.6) is 11.5 Å². The molecule has 0 radical (unpaired) electrons. The number of hydrogen-bond donors (Lipinski definition) is 1. The fourth-order valence-corrected chi connectivity index (χ4v) is 4.59. The van der Waals surface area contributed by atoms with Crippen molar-refractivity contribution >= 4 is 17.5 Å². The zero-order valence-electron chi connectivity index (χ0n) is 20.2. The number of β-amino-alcohol motifs (C(OH)–C–C–N with tert-alkyl or cyclic N) is 1. The number of hydrogen-bond acceptors (Lipinski definition) is 6. The summed E-state index contributed by atoms with van der Waals surface area (Å²) in [4.78, 5) is 16.0. The fourth-order valence-electron chi connectivity index (χ4n) is 4.46. The molecule has 1 atom stereocenters. The van der Waals surface area contributed by atoms with Crippen molar-refractivity contribution in [3.63, 3.8) is 0 Å². The molecule has 8 heteroatoms. The number of piperidine rings is 1. The number of benzene rings is 2. The molecule has 35 heavy (non-hydrogen) atoms. The Morgan fingerprint density at radius 1 is 1.00 bits per heavy atom. The maximum Gasteiger partial charge on any atom is 0.222 e. The van der Waals surface area contributed by atoms with Crippen LogP contribution in [0.1, 0.15) is 31.2 Å². The summed E-state index contributed by atoms with van der Waals surface area (Å²) in [6.07, 6.45) is 3.62. The van der Waals surface area contributed by atoms with Crippen LogP contribution in [0.2, 0.25) is 5.02 Å². The second-order valence-corrected chi connectivity index (χ2v) is 9.85. The highest BCUT2D eigenvalue weighted by atomic mass is 35.5. The molecular formula is C27H35ClN2O5. The number of rotatable bonds is 10. The quantitative estimate of drug-likeness (QED) is 0.499. The van der Waals surface area contributed by atoms with Gasteiger partial charge in [0.15, 0.2) is 0 Å². The first-order valence-electron chi connectivity index (χ1n) is 12.4. The summed E-state index contributed by atoms with van der Waals surface area (Å²) in [6.45, 7) is 5.04. The van der Waals surface area contributed by atoms with Crippen molar-refractivity contribution in [1.29, 1.82) is 0 Å². The van der Waals surface area contributed by atoms with Crippen LogP contribution in [0.15, 0.2) is 48.5 Å². The van der Waals surface area contributed by atoms with E-state index in [4.69, 9.17) is 25.8 Å². The molecule has 2 saturated heterocycles.